The smallest absolute Gasteiger partial charge is 0.407 e. The number of nitrogens with one attached hydrogen (secondary N) is 1. The lowest BCUT2D eigenvalue weighted by atomic mass is 9.98. The van der Waals surface area contributed by atoms with Gasteiger partial charge in [0, 0.05) is 25.4 Å². The van der Waals surface area contributed by atoms with Gasteiger partial charge in [0.1, 0.15) is 13.2 Å². The number of hydrogen-bond acceptors (Lipinski definition) is 5. The largest absolute Gasteiger partial charge is 0.480 e. The van der Waals surface area contributed by atoms with E-state index in [1.165, 1.54) is 0 Å². The van der Waals surface area contributed by atoms with Crippen molar-refractivity contribution in [3.8, 4) is 11.1 Å². The van der Waals surface area contributed by atoms with Crippen LogP contribution in [0.5, 0.6) is 0 Å². The highest BCUT2D eigenvalue weighted by Crippen LogP contribution is 2.44. The first-order valence-electron chi connectivity index (χ1n) is 10.2. The molecule has 2 amide bonds. The van der Waals surface area contributed by atoms with E-state index in [0.717, 1.165) is 27.2 Å². The first-order valence-corrected chi connectivity index (χ1v) is 10.2. The molecule has 2 aromatic rings. The molecule has 0 atom stereocenters. The van der Waals surface area contributed by atoms with Gasteiger partial charge in [-0.1, -0.05) is 48.5 Å². The van der Waals surface area contributed by atoms with Gasteiger partial charge in [-0.15, -0.1) is 0 Å². The summed E-state index contributed by atoms with van der Waals surface area (Å²) in [6.45, 7) is -0.370. The summed E-state index contributed by atoms with van der Waals surface area (Å²) in [5.41, 5.74) is 4.56. The van der Waals surface area contributed by atoms with E-state index in [1.807, 2.05) is 36.4 Å². The fraction of sp³-hybridized carbons (Fsp3) is 0.348. The van der Waals surface area contributed by atoms with Crippen LogP contribution in [0.15, 0.2) is 48.5 Å². The van der Waals surface area contributed by atoms with E-state index < -0.39 is 18.6 Å². The Labute approximate surface area is 180 Å². The van der Waals surface area contributed by atoms with Gasteiger partial charge in [0.15, 0.2) is 0 Å². The average Bonchev–Trinajstić information content (AvgIpc) is 3.08. The van der Waals surface area contributed by atoms with Crippen LogP contribution in [0.3, 0.4) is 0 Å². The summed E-state index contributed by atoms with van der Waals surface area (Å²) in [7, 11) is 0. The van der Waals surface area contributed by atoms with Crippen molar-refractivity contribution in [2.24, 2.45) is 0 Å². The molecule has 0 unspecified atom stereocenters. The lowest BCUT2D eigenvalue weighted by Crippen LogP contribution is -2.38. The van der Waals surface area contributed by atoms with Crippen LogP contribution in [0.4, 0.5) is 4.79 Å². The molecule has 164 valence electrons. The summed E-state index contributed by atoms with van der Waals surface area (Å²) < 4.78 is 5.43. The number of nitrogens with zero attached hydrogens (tertiary/aromatic N) is 1. The molecule has 2 aromatic carbocycles. The Bertz CT molecular complexity index is 900. The number of hydrogen-bond donors (Lipinski definition) is 3. The maximum atomic E-state index is 12.1. The summed E-state index contributed by atoms with van der Waals surface area (Å²) in [4.78, 5) is 36.0. The molecule has 0 bridgehead atoms. The van der Waals surface area contributed by atoms with Crippen molar-refractivity contribution >= 4 is 18.0 Å². The minimum atomic E-state index is -1.14. The highest BCUT2D eigenvalue weighted by molar-refractivity contribution is 5.81. The number of benzene rings is 2. The molecule has 0 saturated carbocycles. The summed E-state index contributed by atoms with van der Waals surface area (Å²) in [6.07, 6.45) is -0.159. The number of aliphatic hydroxyl groups excluding tert-OH is 1. The Morgan fingerprint density at radius 1 is 1.00 bits per heavy atom. The Morgan fingerprint density at radius 3 is 2.19 bits per heavy atom. The number of carboxylic acids is 1. The fourth-order valence-electron chi connectivity index (χ4n) is 3.81. The van der Waals surface area contributed by atoms with Crippen LogP contribution < -0.4 is 5.32 Å². The Morgan fingerprint density at radius 2 is 1.61 bits per heavy atom. The van der Waals surface area contributed by atoms with Crippen LogP contribution in [-0.4, -0.2) is 65.9 Å². The van der Waals surface area contributed by atoms with Gasteiger partial charge in [-0.25, -0.2) is 4.79 Å². The molecule has 3 N–H and O–H groups in total. The molecule has 1 aliphatic carbocycles. The molecule has 0 radical (unpaired) electrons. The Hall–Kier alpha value is -3.39. The monoisotopic (exact) mass is 426 g/mol. The van der Waals surface area contributed by atoms with E-state index in [2.05, 4.69) is 17.4 Å². The molecule has 0 fully saturated rings. The van der Waals surface area contributed by atoms with Gasteiger partial charge in [0.05, 0.1) is 6.61 Å². The number of ether oxygens (including phenoxy) is 1. The molecule has 0 aromatic heterocycles. The number of aliphatic carboxylic acids is 1. The number of fused-ring (bicyclic) bond motifs is 3. The summed E-state index contributed by atoms with van der Waals surface area (Å²) in [6, 6.07) is 16.1. The first kappa shape index (κ1) is 22.3. The van der Waals surface area contributed by atoms with Gasteiger partial charge in [-0.2, -0.15) is 0 Å². The lowest BCUT2D eigenvalue weighted by molar-refractivity contribution is -0.144. The zero-order valence-corrected chi connectivity index (χ0v) is 17.1. The van der Waals surface area contributed by atoms with Crippen molar-refractivity contribution in [2.45, 2.75) is 18.8 Å². The molecule has 0 heterocycles. The molecule has 3 rings (SSSR count). The molecular formula is C23H26N2O6. The van der Waals surface area contributed by atoms with Crippen LogP contribution in [0.25, 0.3) is 11.1 Å². The van der Waals surface area contributed by atoms with Crippen LogP contribution >= 0.6 is 0 Å². The second kappa shape index (κ2) is 10.6. The van der Waals surface area contributed by atoms with Crippen molar-refractivity contribution in [3.63, 3.8) is 0 Å². The molecule has 8 nitrogen and oxygen atoms in total. The van der Waals surface area contributed by atoms with Crippen molar-refractivity contribution in [1.29, 1.82) is 0 Å². The molecule has 8 heteroatoms. The van der Waals surface area contributed by atoms with E-state index in [1.54, 1.807) is 0 Å². The van der Waals surface area contributed by atoms with Crippen molar-refractivity contribution in [1.82, 2.24) is 10.2 Å². The van der Waals surface area contributed by atoms with E-state index in [9.17, 15) is 14.4 Å². The van der Waals surface area contributed by atoms with Gasteiger partial charge < -0.3 is 25.2 Å². The zero-order chi connectivity index (χ0) is 22.2. The van der Waals surface area contributed by atoms with E-state index >= 15 is 0 Å². The van der Waals surface area contributed by atoms with Crippen LogP contribution in [-0.2, 0) is 14.3 Å². The van der Waals surface area contributed by atoms with E-state index in [-0.39, 0.29) is 44.5 Å². The van der Waals surface area contributed by atoms with Gasteiger partial charge in [0.25, 0.3) is 0 Å². The van der Waals surface area contributed by atoms with E-state index in [0.29, 0.717) is 6.42 Å². The average molecular weight is 426 g/mol. The second-order valence-corrected chi connectivity index (χ2v) is 7.29. The van der Waals surface area contributed by atoms with Gasteiger partial charge in [-0.05, 0) is 28.7 Å². The highest BCUT2D eigenvalue weighted by atomic mass is 16.5. The molecule has 0 spiro atoms. The third-order valence-electron chi connectivity index (χ3n) is 5.23. The number of aliphatic hydroxyl groups is 1. The Kier molecular flexibility index (Phi) is 7.61. The molecular weight excluding hydrogens is 400 g/mol. The quantitative estimate of drug-likeness (QED) is 0.502. The van der Waals surface area contributed by atoms with Crippen LogP contribution in [0.2, 0.25) is 0 Å². The minimum Gasteiger partial charge on any atom is -0.480 e. The van der Waals surface area contributed by atoms with Crippen molar-refractivity contribution in [3.05, 3.63) is 59.7 Å². The molecule has 0 aliphatic heterocycles. The van der Waals surface area contributed by atoms with E-state index in [4.69, 9.17) is 14.9 Å². The standard InChI is InChI=1S/C23H26N2O6/c26-13-12-25(14-22(28)29)21(27)10-5-11-24-23(30)31-15-20-18-8-3-1-6-16(18)17-7-2-4-9-19(17)20/h1-4,6-9,20,26H,5,10-15H2,(H,24,30)(H,28,29). The number of carboxylic acid groups (broad SMARTS) is 1. The fourth-order valence-corrected chi connectivity index (χ4v) is 3.81. The third-order valence-corrected chi connectivity index (χ3v) is 5.23. The normalized spacial score (nSPS) is 12.0. The Balaban J connectivity index is 1.45. The number of rotatable bonds is 10. The summed E-state index contributed by atoms with van der Waals surface area (Å²) in [5, 5.41) is 20.4. The predicted octanol–water partition coefficient (Wildman–Crippen LogP) is 2.21. The number of carbonyl (C=O) groups is 3. The third kappa shape index (κ3) is 5.61. The highest BCUT2D eigenvalue weighted by Gasteiger charge is 2.28. The molecule has 1 aliphatic rings. The number of amides is 2. The number of alkyl carbamates (subject to hydrolysis) is 1. The van der Waals surface area contributed by atoms with Crippen molar-refractivity contribution < 1.29 is 29.3 Å². The topological polar surface area (TPSA) is 116 Å². The van der Waals surface area contributed by atoms with Gasteiger partial charge in [-0.3, -0.25) is 9.59 Å². The minimum absolute atomic E-state index is 0.0252. The molecule has 31 heavy (non-hydrogen) atoms. The van der Waals surface area contributed by atoms with Gasteiger partial charge >= 0.3 is 12.1 Å². The van der Waals surface area contributed by atoms with Gasteiger partial charge in [0.2, 0.25) is 5.91 Å². The summed E-state index contributed by atoms with van der Waals surface area (Å²) in [5.74, 6) is -1.55. The second-order valence-electron chi connectivity index (χ2n) is 7.29. The zero-order valence-electron chi connectivity index (χ0n) is 17.1. The summed E-state index contributed by atoms with van der Waals surface area (Å²) >= 11 is 0. The SMILES string of the molecule is O=C(O)CN(CCO)C(=O)CCCNC(=O)OCC1c2ccccc2-c2ccccc21. The van der Waals surface area contributed by atoms with Crippen LogP contribution in [0, 0.1) is 0 Å². The van der Waals surface area contributed by atoms with Crippen molar-refractivity contribution in [2.75, 3.05) is 32.8 Å². The maximum Gasteiger partial charge on any atom is 0.407 e. The predicted molar refractivity (Wildman–Crippen MR) is 114 cm³/mol. The molecule has 0 saturated heterocycles. The maximum absolute atomic E-state index is 12.1. The number of carbonyl (C=O) groups excluding carboxylic acids is 2. The lowest BCUT2D eigenvalue weighted by Gasteiger charge is -2.19. The first-order chi connectivity index (χ1) is 15.0. The van der Waals surface area contributed by atoms with Crippen LogP contribution in [0.1, 0.15) is 29.9 Å².